The van der Waals surface area contributed by atoms with Gasteiger partial charge in [0.15, 0.2) is 23.2 Å². The van der Waals surface area contributed by atoms with Gasteiger partial charge in [-0.15, -0.1) is 18.0 Å². The second-order valence-corrected chi connectivity index (χ2v) is 15.2. The Morgan fingerprint density at radius 2 is 1.62 bits per heavy atom. The van der Waals surface area contributed by atoms with Crippen molar-refractivity contribution in [2.45, 2.75) is 109 Å². The zero-order chi connectivity index (χ0) is 45.1. The van der Waals surface area contributed by atoms with Gasteiger partial charge in [-0.3, -0.25) is 24.3 Å². The first-order valence-corrected chi connectivity index (χ1v) is 20.1. The lowest BCUT2D eigenvalue weighted by molar-refractivity contribution is -0.200. The Hall–Kier alpha value is -5.55. The number of carbonyl (C=O) groups is 6. The molecule has 1 aliphatic rings. The molecule has 330 valence electrons. The zero-order valence-corrected chi connectivity index (χ0v) is 36.2. The summed E-state index contributed by atoms with van der Waals surface area (Å²) in [6.07, 6.45) is 2.72. The molecule has 4 rings (SSSR count). The number of unbranched alkanes of at least 4 members (excludes halogenated alkanes) is 1. The van der Waals surface area contributed by atoms with Gasteiger partial charge in [0.2, 0.25) is 22.9 Å². The van der Waals surface area contributed by atoms with Gasteiger partial charge in [-0.25, -0.2) is 19.4 Å². The fourth-order valence-corrected chi connectivity index (χ4v) is 6.62. The van der Waals surface area contributed by atoms with Crippen LogP contribution in [0.3, 0.4) is 0 Å². The van der Waals surface area contributed by atoms with Crippen molar-refractivity contribution in [3.05, 3.63) is 41.4 Å². The van der Waals surface area contributed by atoms with E-state index in [9.17, 15) is 28.8 Å². The van der Waals surface area contributed by atoms with Crippen LogP contribution in [0.15, 0.2) is 30.6 Å². The first kappa shape index (κ1) is 48.1. The fourth-order valence-electron chi connectivity index (χ4n) is 6.27. The number of nitrogens with zero attached hydrogens (tertiary/aromatic N) is 4. The van der Waals surface area contributed by atoms with E-state index in [0.717, 1.165) is 13.8 Å². The molecule has 2 N–H and O–H groups in total. The molecule has 0 bridgehead atoms. The summed E-state index contributed by atoms with van der Waals surface area (Å²) < 4.78 is 41.4. The number of ether oxygens (including phenoxy) is 7. The quantitative estimate of drug-likeness (QED) is 0.0323. The van der Waals surface area contributed by atoms with Gasteiger partial charge < -0.3 is 38.5 Å². The van der Waals surface area contributed by atoms with E-state index in [0.29, 0.717) is 30.0 Å². The molecule has 1 aliphatic heterocycles. The van der Waals surface area contributed by atoms with Crippen molar-refractivity contribution in [2.24, 2.45) is 0 Å². The second-order valence-electron chi connectivity index (χ2n) is 14.5. The van der Waals surface area contributed by atoms with Crippen molar-refractivity contribution in [1.82, 2.24) is 19.5 Å². The van der Waals surface area contributed by atoms with Crippen LogP contribution in [0.5, 0.6) is 0 Å². The van der Waals surface area contributed by atoms with Crippen molar-refractivity contribution < 1.29 is 61.9 Å². The molecule has 1 aromatic carbocycles. The monoisotopic (exact) mass is 890 g/mol. The third kappa shape index (κ3) is 11.8. The number of carbonyl (C=O) groups excluding carboxylic acids is 6. The maximum Gasteiger partial charge on any atom is 0.413 e. The van der Waals surface area contributed by atoms with Crippen LogP contribution in [0, 0.1) is 12.3 Å². The Kier molecular flexibility index (Phi) is 16.4. The van der Waals surface area contributed by atoms with E-state index in [1.54, 1.807) is 45.0 Å². The average Bonchev–Trinajstić information content (AvgIpc) is 3.71. The largest absolute Gasteiger partial charge is 0.463 e. The number of amides is 2. The summed E-state index contributed by atoms with van der Waals surface area (Å²) in [5, 5.41) is 4.91. The summed E-state index contributed by atoms with van der Waals surface area (Å²) in [6.45, 7) is 9.04. The molecule has 3 heterocycles. The smallest absolute Gasteiger partial charge is 0.413 e. The molecule has 0 saturated carbocycles. The van der Waals surface area contributed by atoms with Crippen LogP contribution in [-0.4, -0.2) is 110 Å². The number of anilines is 2. The maximum atomic E-state index is 13.9. The molecule has 2 aromatic heterocycles. The number of hydrogen-bond acceptors (Lipinski definition) is 16. The van der Waals surface area contributed by atoms with E-state index in [1.807, 2.05) is 0 Å². The predicted molar refractivity (Wildman–Crippen MR) is 218 cm³/mol. The average molecular weight is 892 g/mol. The predicted octanol–water partition coefficient (Wildman–Crippen LogP) is 5.06. The van der Waals surface area contributed by atoms with E-state index in [4.69, 9.17) is 62.8 Å². The SMILES string of the molecule is C#C[C@@]1(OC(C)=O)[C@@H](COC(Cc2ccc(NC(=O)CCCCCl)cc2)(C(=O)OCC)C(=O)OCC)O[C@@H](n2cnc3c(NC(=O)OC(C)(C)C)nc(Cl)nc32)[C@@H]1OC(C)=O. The number of aromatic nitrogens is 4. The highest BCUT2D eigenvalue weighted by Gasteiger charge is 2.63. The van der Waals surface area contributed by atoms with E-state index in [-0.39, 0.29) is 47.8 Å². The van der Waals surface area contributed by atoms with Crippen molar-refractivity contribution in [3.8, 4) is 12.3 Å². The van der Waals surface area contributed by atoms with Crippen LogP contribution >= 0.6 is 23.2 Å². The molecule has 1 saturated heterocycles. The number of imidazole rings is 1. The van der Waals surface area contributed by atoms with Gasteiger partial charge in [0, 0.05) is 38.3 Å². The Labute approximate surface area is 361 Å². The molecule has 61 heavy (non-hydrogen) atoms. The molecule has 2 amide bonds. The molecule has 4 atom stereocenters. The molecular formula is C40H48Cl2N6O13. The molecule has 3 aromatic rings. The number of hydrogen-bond donors (Lipinski definition) is 2. The number of nitrogens with one attached hydrogen (secondary N) is 2. The topological polar surface area (TPSA) is 235 Å². The molecular weight excluding hydrogens is 843 g/mol. The lowest BCUT2D eigenvalue weighted by Crippen LogP contribution is -2.57. The van der Waals surface area contributed by atoms with Crippen LogP contribution in [0.2, 0.25) is 5.28 Å². The van der Waals surface area contributed by atoms with Crippen LogP contribution in [-0.2, 0) is 63.6 Å². The molecule has 0 unspecified atom stereocenters. The zero-order valence-electron chi connectivity index (χ0n) is 34.7. The van der Waals surface area contributed by atoms with Crippen molar-refractivity contribution in [1.29, 1.82) is 0 Å². The Bertz CT molecular complexity index is 2120. The highest BCUT2D eigenvalue weighted by atomic mass is 35.5. The maximum absolute atomic E-state index is 13.9. The third-order valence-electron chi connectivity index (χ3n) is 8.75. The van der Waals surface area contributed by atoms with Crippen molar-refractivity contribution >= 4 is 81.7 Å². The molecule has 1 fully saturated rings. The minimum absolute atomic E-state index is 0.0144. The fraction of sp³-hybridized carbons (Fsp3) is 0.525. The van der Waals surface area contributed by atoms with Gasteiger partial charge in [-0.2, -0.15) is 9.97 Å². The van der Waals surface area contributed by atoms with Crippen molar-refractivity contribution in [3.63, 3.8) is 0 Å². The third-order valence-corrected chi connectivity index (χ3v) is 9.19. The van der Waals surface area contributed by atoms with Gasteiger partial charge in [-0.05, 0) is 76.8 Å². The summed E-state index contributed by atoms with van der Waals surface area (Å²) in [5.74, 6) is -1.62. The Balaban J connectivity index is 1.79. The second kappa shape index (κ2) is 20.8. The first-order chi connectivity index (χ1) is 28.8. The molecule has 0 spiro atoms. The van der Waals surface area contributed by atoms with Crippen molar-refractivity contribution in [2.75, 3.05) is 36.3 Å². The van der Waals surface area contributed by atoms with E-state index < -0.39 is 78.2 Å². The number of benzene rings is 1. The van der Waals surface area contributed by atoms with E-state index >= 15 is 0 Å². The standard InChI is InChI=1S/C40H48Cl2N6O13/c1-9-39(60-24(5)50)27(59-33(30(39)58-23(4)49)48-22-43-29-31(45-36(42)47-32(29)48)46-37(54)61-38(6,7)8)21-57-40(34(52)55-10-2,35(53)56-11-3)20-25-15-17-26(18-16-25)44-28(51)14-12-13-19-41/h1,15-18,22,27,30,33H,10-14,19-21H2,2-8H3,(H,44,51)(H,45,46,47,54)/t27-,30+,33-,39-/m1/s1. The Morgan fingerprint density at radius 1 is 0.967 bits per heavy atom. The normalized spacial score (nSPS) is 18.7. The number of alkyl halides is 1. The van der Waals surface area contributed by atoms with Gasteiger partial charge in [0.25, 0.3) is 5.60 Å². The molecule has 21 heteroatoms. The lowest BCUT2D eigenvalue weighted by Gasteiger charge is -2.35. The highest BCUT2D eigenvalue weighted by Crippen LogP contribution is 2.44. The number of fused-ring (bicyclic) bond motifs is 1. The summed E-state index contributed by atoms with van der Waals surface area (Å²) in [5.41, 5.74) is -4.93. The van der Waals surface area contributed by atoms with E-state index in [1.165, 1.54) is 24.7 Å². The summed E-state index contributed by atoms with van der Waals surface area (Å²) in [7, 11) is 0. The van der Waals surface area contributed by atoms with E-state index in [2.05, 4.69) is 31.5 Å². The van der Waals surface area contributed by atoms with Crippen LogP contribution in [0.25, 0.3) is 11.2 Å². The minimum atomic E-state index is -2.52. The highest BCUT2D eigenvalue weighted by molar-refractivity contribution is 6.28. The van der Waals surface area contributed by atoms with Crippen LogP contribution < -0.4 is 10.6 Å². The van der Waals surface area contributed by atoms with Gasteiger partial charge in [0.05, 0.1) is 26.1 Å². The van der Waals surface area contributed by atoms with Gasteiger partial charge >= 0.3 is 30.0 Å². The number of esters is 4. The number of rotatable bonds is 18. The summed E-state index contributed by atoms with van der Waals surface area (Å²) in [4.78, 5) is 91.1. The van der Waals surface area contributed by atoms with Crippen LogP contribution in [0.1, 0.15) is 79.5 Å². The Morgan fingerprint density at radius 3 is 2.18 bits per heavy atom. The first-order valence-electron chi connectivity index (χ1n) is 19.2. The van der Waals surface area contributed by atoms with Gasteiger partial charge in [0.1, 0.15) is 11.7 Å². The number of terminal acetylenes is 1. The molecule has 19 nitrogen and oxygen atoms in total. The lowest BCUT2D eigenvalue weighted by atomic mass is 9.91. The van der Waals surface area contributed by atoms with Gasteiger partial charge in [-0.1, -0.05) is 18.1 Å². The molecule has 0 radical (unpaired) electrons. The summed E-state index contributed by atoms with van der Waals surface area (Å²) >= 11 is 12.0. The molecule has 0 aliphatic carbocycles. The summed E-state index contributed by atoms with van der Waals surface area (Å²) in [6, 6.07) is 6.29. The van der Waals surface area contributed by atoms with Crippen LogP contribution in [0.4, 0.5) is 16.3 Å². The minimum Gasteiger partial charge on any atom is -0.463 e. The number of halogens is 2.